The molecule has 1 amide bonds. The van der Waals surface area contributed by atoms with Crippen molar-refractivity contribution in [2.45, 2.75) is 6.04 Å². The third-order valence-corrected chi connectivity index (χ3v) is 2.96. The molecule has 0 saturated heterocycles. The number of carbonyl (C=O) groups excluding carboxylic acids is 2. The Bertz CT molecular complexity index is 643. The van der Waals surface area contributed by atoms with Gasteiger partial charge in [0.15, 0.2) is 6.04 Å². The lowest BCUT2D eigenvalue weighted by Gasteiger charge is -2.17. The summed E-state index contributed by atoms with van der Waals surface area (Å²) >= 11 is 0. The number of halogens is 1. The molecular formula is C16H14FNO3. The highest BCUT2D eigenvalue weighted by Gasteiger charge is 2.24. The molecule has 0 aliphatic rings. The average molecular weight is 287 g/mol. The average Bonchev–Trinajstić information content (AvgIpc) is 2.53. The predicted molar refractivity (Wildman–Crippen MR) is 75.1 cm³/mol. The molecule has 0 saturated carbocycles. The van der Waals surface area contributed by atoms with Crippen LogP contribution in [0.1, 0.15) is 22.0 Å². The third kappa shape index (κ3) is 3.45. The van der Waals surface area contributed by atoms with Gasteiger partial charge in [-0.15, -0.1) is 0 Å². The minimum atomic E-state index is -0.983. The van der Waals surface area contributed by atoms with Crippen LogP contribution in [0.2, 0.25) is 0 Å². The molecule has 0 aliphatic carbocycles. The van der Waals surface area contributed by atoms with Crippen molar-refractivity contribution in [3.8, 4) is 0 Å². The molecule has 108 valence electrons. The number of nitrogens with one attached hydrogen (secondary N) is 1. The highest BCUT2D eigenvalue weighted by molar-refractivity contribution is 5.97. The fourth-order valence-electron chi connectivity index (χ4n) is 1.90. The van der Waals surface area contributed by atoms with Crippen molar-refractivity contribution in [2.24, 2.45) is 0 Å². The number of amides is 1. The van der Waals surface area contributed by atoms with Gasteiger partial charge in [-0.3, -0.25) is 4.79 Å². The summed E-state index contributed by atoms with van der Waals surface area (Å²) in [7, 11) is 1.23. The normalized spacial score (nSPS) is 11.5. The Morgan fingerprint density at radius 1 is 1.05 bits per heavy atom. The molecule has 4 nitrogen and oxygen atoms in total. The first kappa shape index (κ1) is 14.7. The molecular weight excluding hydrogens is 273 g/mol. The van der Waals surface area contributed by atoms with Crippen molar-refractivity contribution in [1.29, 1.82) is 0 Å². The van der Waals surface area contributed by atoms with Crippen LogP contribution in [-0.2, 0) is 9.53 Å². The van der Waals surface area contributed by atoms with Gasteiger partial charge in [0, 0.05) is 0 Å². The zero-order valence-corrected chi connectivity index (χ0v) is 11.4. The van der Waals surface area contributed by atoms with Gasteiger partial charge in [0.1, 0.15) is 5.82 Å². The molecule has 1 atom stereocenters. The maximum atomic E-state index is 13.6. The summed E-state index contributed by atoms with van der Waals surface area (Å²) in [6.07, 6.45) is 0. The predicted octanol–water partition coefficient (Wildman–Crippen LogP) is 2.47. The molecule has 0 aromatic heterocycles. The zero-order valence-electron chi connectivity index (χ0n) is 11.4. The van der Waals surface area contributed by atoms with Gasteiger partial charge in [0.2, 0.25) is 0 Å². The van der Waals surface area contributed by atoms with E-state index in [1.807, 2.05) is 0 Å². The topological polar surface area (TPSA) is 55.4 Å². The number of hydrogen-bond acceptors (Lipinski definition) is 3. The second kappa shape index (κ2) is 6.65. The molecule has 2 aromatic rings. The monoisotopic (exact) mass is 287 g/mol. The summed E-state index contributed by atoms with van der Waals surface area (Å²) in [5, 5.41) is 2.49. The molecule has 0 bridgehead atoms. The van der Waals surface area contributed by atoms with Crippen LogP contribution < -0.4 is 5.32 Å². The van der Waals surface area contributed by atoms with Crippen LogP contribution in [0.5, 0.6) is 0 Å². The Hall–Kier alpha value is -2.69. The number of rotatable bonds is 4. The Balaban J connectivity index is 2.26. The Morgan fingerprint density at radius 2 is 1.67 bits per heavy atom. The van der Waals surface area contributed by atoms with Crippen molar-refractivity contribution < 1.29 is 18.7 Å². The first-order valence-electron chi connectivity index (χ1n) is 6.31. The Morgan fingerprint density at radius 3 is 2.29 bits per heavy atom. The number of esters is 1. The molecule has 0 radical (unpaired) electrons. The van der Waals surface area contributed by atoms with E-state index in [4.69, 9.17) is 0 Å². The van der Waals surface area contributed by atoms with Crippen molar-refractivity contribution in [1.82, 2.24) is 5.32 Å². The van der Waals surface area contributed by atoms with Crippen LogP contribution >= 0.6 is 0 Å². The van der Waals surface area contributed by atoms with E-state index in [2.05, 4.69) is 10.1 Å². The van der Waals surface area contributed by atoms with E-state index in [0.29, 0.717) is 5.56 Å². The van der Waals surface area contributed by atoms with Crippen LogP contribution in [0.15, 0.2) is 54.6 Å². The van der Waals surface area contributed by atoms with E-state index in [1.165, 1.54) is 25.3 Å². The summed E-state index contributed by atoms with van der Waals surface area (Å²) < 4.78 is 18.3. The summed E-state index contributed by atoms with van der Waals surface area (Å²) in [6.45, 7) is 0. The highest BCUT2D eigenvalue weighted by atomic mass is 19.1. The molecule has 1 unspecified atom stereocenters. The molecule has 0 heterocycles. The first-order chi connectivity index (χ1) is 10.1. The molecule has 1 N–H and O–H groups in total. The smallest absolute Gasteiger partial charge is 0.333 e. The van der Waals surface area contributed by atoms with Crippen LogP contribution in [0.4, 0.5) is 4.39 Å². The van der Waals surface area contributed by atoms with Crippen molar-refractivity contribution in [3.05, 3.63) is 71.5 Å². The maximum Gasteiger partial charge on any atom is 0.333 e. The minimum Gasteiger partial charge on any atom is -0.467 e. The van der Waals surface area contributed by atoms with Gasteiger partial charge in [0.25, 0.3) is 5.91 Å². The summed E-state index contributed by atoms with van der Waals surface area (Å²) in [5.41, 5.74) is 0.441. The van der Waals surface area contributed by atoms with Crippen molar-refractivity contribution in [3.63, 3.8) is 0 Å². The number of ether oxygens (including phenoxy) is 1. The number of hydrogen-bond donors (Lipinski definition) is 1. The van der Waals surface area contributed by atoms with Crippen LogP contribution in [0.3, 0.4) is 0 Å². The standard InChI is InChI=1S/C16H14FNO3/c1-21-16(20)14(11-7-3-2-4-8-11)18-15(19)12-9-5-6-10-13(12)17/h2-10,14H,1H3,(H,18,19). The maximum absolute atomic E-state index is 13.6. The van der Waals surface area contributed by atoms with Crippen molar-refractivity contribution >= 4 is 11.9 Å². The fourth-order valence-corrected chi connectivity index (χ4v) is 1.90. The van der Waals surface area contributed by atoms with Gasteiger partial charge < -0.3 is 10.1 Å². The second-order valence-electron chi connectivity index (χ2n) is 4.32. The molecule has 0 aliphatic heterocycles. The number of carbonyl (C=O) groups is 2. The minimum absolute atomic E-state index is 0.123. The van der Waals surface area contributed by atoms with Gasteiger partial charge in [-0.2, -0.15) is 0 Å². The summed E-state index contributed by atoms with van der Waals surface area (Å²) in [4.78, 5) is 23.9. The molecule has 0 fully saturated rings. The van der Waals surface area contributed by atoms with E-state index in [9.17, 15) is 14.0 Å². The van der Waals surface area contributed by atoms with E-state index in [1.54, 1.807) is 36.4 Å². The first-order valence-corrected chi connectivity index (χ1v) is 6.31. The van der Waals surface area contributed by atoms with Gasteiger partial charge >= 0.3 is 5.97 Å². The highest BCUT2D eigenvalue weighted by Crippen LogP contribution is 2.16. The fraction of sp³-hybridized carbons (Fsp3) is 0.125. The number of methoxy groups -OCH3 is 1. The Labute approximate surface area is 121 Å². The lowest BCUT2D eigenvalue weighted by molar-refractivity contribution is -0.143. The number of benzene rings is 2. The SMILES string of the molecule is COC(=O)C(NC(=O)c1ccccc1F)c1ccccc1. The summed E-state index contributed by atoms with van der Waals surface area (Å²) in [6, 6.07) is 13.2. The summed E-state index contributed by atoms with van der Waals surface area (Å²) in [5.74, 6) is -1.94. The van der Waals surface area contributed by atoms with Gasteiger partial charge in [-0.25, -0.2) is 9.18 Å². The van der Waals surface area contributed by atoms with E-state index < -0.39 is 23.7 Å². The molecule has 0 spiro atoms. The molecule has 2 rings (SSSR count). The van der Waals surface area contributed by atoms with E-state index >= 15 is 0 Å². The molecule has 2 aromatic carbocycles. The van der Waals surface area contributed by atoms with Crippen molar-refractivity contribution in [2.75, 3.05) is 7.11 Å². The van der Waals surface area contributed by atoms with Crippen LogP contribution in [0, 0.1) is 5.82 Å². The molecule has 5 heteroatoms. The third-order valence-electron chi connectivity index (χ3n) is 2.96. The van der Waals surface area contributed by atoms with Crippen LogP contribution in [0.25, 0.3) is 0 Å². The van der Waals surface area contributed by atoms with Gasteiger partial charge in [-0.1, -0.05) is 42.5 Å². The van der Waals surface area contributed by atoms with E-state index in [-0.39, 0.29) is 5.56 Å². The van der Waals surface area contributed by atoms with Gasteiger partial charge in [0.05, 0.1) is 12.7 Å². The van der Waals surface area contributed by atoms with E-state index in [0.717, 1.165) is 0 Å². The molecule has 21 heavy (non-hydrogen) atoms. The Kier molecular flexibility index (Phi) is 4.66. The van der Waals surface area contributed by atoms with Crippen LogP contribution in [-0.4, -0.2) is 19.0 Å². The zero-order chi connectivity index (χ0) is 15.2. The largest absolute Gasteiger partial charge is 0.467 e. The lowest BCUT2D eigenvalue weighted by atomic mass is 10.1. The quantitative estimate of drug-likeness (QED) is 0.879. The second-order valence-corrected chi connectivity index (χ2v) is 4.32. The van der Waals surface area contributed by atoms with Gasteiger partial charge in [-0.05, 0) is 17.7 Å². The lowest BCUT2D eigenvalue weighted by Crippen LogP contribution is -2.34.